The van der Waals surface area contributed by atoms with Gasteiger partial charge in [-0.25, -0.2) is 0 Å². The Balaban J connectivity index is 1.25. The third-order valence-corrected chi connectivity index (χ3v) is 4.60. The van der Waals surface area contributed by atoms with Crippen LogP contribution in [0.1, 0.15) is 31.2 Å². The fourth-order valence-electron chi connectivity index (χ4n) is 2.83. The van der Waals surface area contributed by atoms with E-state index in [0.717, 1.165) is 5.56 Å². The van der Waals surface area contributed by atoms with Crippen LogP contribution in [0.3, 0.4) is 0 Å². The van der Waals surface area contributed by atoms with Gasteiger partial charge < -0.3 is 19.3 Å². The number of ether oxygens (including phenoxy) is 3. The summed E-state index contributed by atoms with van der Waals surface area (Å²) in [5, 5.41) is 9.14. The van der Waals surface area contributed by atoms with Crippen LogP contribution in [0.2, 0.25) is 0 Å². The second-order valence-corrected chi connectivity index (χ2v) is 6.45. The molecule has 1 aromatic carbocycles. The van der Waals surface area contributed by atoms with Crippen LogP contribution in [0.25, 0.3) is 0 Å². The number of carbonyl (C=O) groups is 2. The molecule has 1 N–H and O–H groups in total. The van der Waals surface area contributed by atoms with Gasteiger partial charge in [0.2, 0.25) is 0 Å². The fraction of sp³-hybridized carbons (Fsp3) is 0.556. The zero-order chi connectivity index (χ0) is 16.9. The van der Waals surface area contributed by atoms with Gasteiger partial charge in [-0.15, -0.1) is 0 Å². The van der Waals surface area contributed by atoms with Gasteiger partial charge in [0.1, 0.15) is 6.61 Å². The first-order valence-corrected chi connectivity index (χ1v) is 8.28. The van der Waals surface area contributed by atoms with Crippen molar-refractivity contribution in [2.75, 3.05) is 6.79 Å². The summed E-state index contributed by atoms with van der Waals surface area (Å²) in [4.78, 5) is 23.5. The molecule has 2 saturated carbocycles. The molecule has 6 heteroatoms. The monoisotopic (exact) mass is 334 g/mol. The van der Waals surface area contributed by atoms with Crippen molar-refractivity contribution < 1.29 is 28.9 Å². The lowest BCUT2D eigenvalue weighted by Gasteiger charge is -2.33. The van der Waals surface area contributed by atoms with Crippen molar-refractivity contribution in [1.29, 1.82) is 0 Å². The maximum atomic E-state index is 11.9. The molecule has 0 unspecified atom stereocenters. The minimum absolute atomic E-state index is 0.0703. The van der Waals surface area contributed by atoms with Crippen LogP contribution >= 0.6 is 0 Å². The number of aliphatic hydroxyl groups is 1. The van der Waals surface area contributed by atoms with Crippen LogP contribution in [0.5, 0.6) is 0 Å². The second-order valence-electron chi connectivity index (χ2n) is 6.45. The third kappa shape index (κ3) is 4.33. The number of carbonyl (C=O) groups excluding carboxylic acids is 2. The number of aliphatic hydroxyl groups excluding tert-OH is 1. The van der Waals surface area contributed by atoms with Crippen LogP contribution in [0.4, 0.5) is 0 Å². The summed E-state index contributed by atoms with van der Waals surface area (Å²) in [7, 11) is 0. The largest absolute Gasteiger partial charge is 0.461 e. The van der Waals surface area contributed by atoms with Crippen molar-refractivity contribution in [1.82, 2.24) is 0 Å². The average molecular weight is 334 g/mol. The zero-order valence-electron chi connectivity index (χ0n) is 13.4. The fourth-order valence-corrected chi connectivity index (χ4v) is 2.83. The Kier molecular flexibility index (Phi) is 5.48. The lowest BCUT2D eigenvalue weighted by atomic mass is 9.82. The number of esters is 2. The zero-order valence-corrected chi connectivity index (χ0v) is 13.4. The molecule has 3 rings (SSSR count). The molecule has 130 valence electrons. The minimum Gasteiger partial charge on any atom is -0.461 e. The minimum atomic E-state index is -0.377. The van der Waals surface area contributed by atoms with Gasteiger partial charge in [0.15, 0.2) is 6.79 Å². The Morgan fingerprint density at radius 1 is 0.958 bits per heavy atom. The van der Waals surface area contributed by atoms with Crippen molar-refractivity contribution in [2.45, 2.75) is 44.5 Å². The quantitative estimate of drug-likeness (QED) is 0.605. The van der Waals surface area contributed by atoms with E-state index in [2.05, 4.69) is 0 Å². The molecule has 0 spiro atoms. The normalized spacial score (nSPS) is 28.4. The van der Waals surface area contributed by atoms with Crippen molar-refractivity contribution in [3.8, 4) is 0 Å². The Labute approximate surface area is 140 Å². The van der Waals surface area contributed by atoms with E-state index in [1.165, 1.54) is 0 Å². The van der Waals surface area contributed by atoms with E-state index in [9.17, 15) is 9.59 Å². The standard InChI is InChI=1S/C18H22O6/c19-15-6-13(7-15)18(21)24-11-23-16-8-14(9-16)17(20)22-10-12-4-2-1-3-5-12/h1-5,13-16,19H,6-11H2/t13-,14-,15-,16-. The van der Waals surface area contributed by atoms with Crippen molar-refractivity contribution in [3.63, 3.8) is 0 Å². The third-order valence-electron chi connectivity index (χ3n) is 4.60. The summed E-state index contributed by atoms with van der Waals surface area (Å²) < 4.78 is 15.7. The van der Waals surface area contributed by atoms with Crippen molar-refractivity contribution >= 4 is 11.9 Å². The van der Waals surface area contributed by atoms with Crippen LogP contribution in [0, 0.1) is 11.8 Å². The number of rotatable bonds is 7. The molecular weight excluding hydrogens is 312 g/mol. The van der Waals surface area contributed by atoms with E-state index in [-0.39, 0.29) is 49.4 Å². The van der Waals surface area contributed by atoms with E-state index in [1.54, 1.807) is 0 Å². The van der Waals surface area contributed by atoms with E-state index in [0.29, 0.717) is 25.7 Å². The van der Waals surface area contributed by atoms with Gasteiger partial charge in [-0.3, -0.25) is 9.59 Å². The van der Waals surface area contributed by atoms with Crippen LogP contribution in [-0.2, 0) is 30.4 Å². The molecule has 0 radical (unpaired) electrons. The maximum absolute atomic E-state index is 11.9. The smallest absolute Gasteiger partial charge is 0.311 e. The molecule has 0 amide bonds. The highest BCUT2D eigenvalue weighted by atomic mass is 16.7. The molecule has 0 aromatic heterocycles. The van der Waals surface area contributed by atoms with Gasteiger partial charge in [0, 0.05) is 0 Å². The van der Waals surface area contributed by atoms with Crippen LogP contribution in [-0.4, -0.2) is 36.0 Å². The molecule has 1 aromatic rings. The van der Waals surface area contributed by atoms with Crippen molar-refractivity contribution in [3.05, 3.63) is 35.9 Å². The topological polar surface area (TPSA) is 82.1 Å². The summed E-state index contributed by atoms with van der Waals surface area (Å²) in [6.45, 7) is 0.189. The Morgan fingerprint density at radius 2 is 1.58 bits per heavy atom. The molecule has 24 heavy (non-hydrogen) atoms. The summed E-state index contributed by atoms with van der Waals surface area (Å²) in [6.07, 6.45) is 1.67. The van der Waals surface area contributed by atoms with Gasteiger partial charge in [-0.05, 0) is 31.2 Å². The molecule has 2 aliphatic carbocycles. The Hall–Kier alpha value is -1.92. The molecule has 0 aliphatic heterocycles. The highest BCUT2D eigenvalue weighted by molar-refractivity contribution is 5.74. The van der Waals surface area contributed by atoms with Crippen LogP contribution in [0.15, 0.2) is 30.3 Å². The number of hydrogen-bond donors (Lipinski definition) is 1. The first-order chi connectivity index (χ1) is 11.6. The van der Waals surface area contributed by atoms with E-state index >= 15 is 0 Å². The Morgan fingerprint density at radius 3 is 2.25 bits per heavy atom. The van der Waals surface area contributed by atoms with Gasteiger partial charge in [-0.2, -0.15) is 0 Å². The predicted octanol–water partition coefficient (Wildman–Crippen LogP) is 1.80. The highest BCUT2D eigenvalue weighted by Gasteiger charge is 2.37. The molecule has 0 heterocycles. The van der Waals surface area contributed by atoms with Gasteiger partial charge in [-0.1, -0.05) is 30.3 Å². The second kappa shape index (κ2) is 7.77. The van der Waals surface area contributed by atoms with Gasteiger partial charge in [0.05, 0.1) is 24.0 Å². The lowest BCUT2D eigenvalue weighted by Crippen LogP contribution is -2.39. The summed E-state index contributed by atoms with van der Waals surface area (Å²) >= 11 is 0. The van der Waals surface area contributed by atoms with E-state index < -0.39 is 0 Å². The summed E-state index contributed by atoms with van der Waals surface area (Å²) in [5.41, 5.74) is 0.964. The number of hydrogen-bond acceptors (Lipinski definition) is 6. The van der Waals surface area contributed by atoms with Crippen molar-refractivity contribution in [2.24, 2.45) is 11.8 Å². The molecule has 6 nitrogen and oxygen atoms in total. The SMILES string of the molecule is O=C(OCO[C@H]1C[C@H](C(=O)OCc2ccccc2)C1)[C@H]1C[C@H](O)C1. The Bertz CT molecular complexity index is 560. The number of benzene rings is 1. The van der Waals surface area contributed by atoms with Crippen LogP contribution < -0.4 is 0 Å². The average Bonchev–Trinajstić information content (AvgIpc) is 2.52. The highest BCUT2D eigenvalue weighted by Crippen LogP contribution is 2.32. The van der Waals surface area contributed by atoms with Gasteiger partial charge in [0.25, 0.3) is 0 Å². The first-order valence-electron chi connectivity index (χ1n) is 8.28. The van der Waals surface area contributed by atoms with E-state index in [4.69, 9.17) is 19.3 Å². The molecule has 0 atom stereocenters. The molecule has 2 aliphatic rings. The van der Waals surface area contributed by atoms with E-state index in [1.807, 2.05) is 30.3 Å². The molecular formula is C18H22O6. The lowest BCUT2D eigenvalue weighted by molar-refractivity contribution is -0.183. The summed E-state index contributed by atoms with van der Waals surface area (Å²) in [6, 6.07) is 9.55. The van der Waals surface area contributed by atoms with Gasteiger partial charge >= 0.3 is 11.9 Å². The molecule has 0 saturated heterocycles. The molecule has 0 bridgehead atoms. The predicted molar refractivity (Wildman–Crippen MR) is 83.5 cm³/mol. The first kappa shape index (κ1) is 16.9. The summed E-state index contributed by atoms with van der Waals surface area (Å²) in [5.74, 6) is -0.875. The molecule has 2 fully saturated rings. The maximum Gasteiger partial charge on any atom is 0.311 e.